The van der Waals surface area contributed by atoms with Crippen molar-refractivity contribution in [2.45, 2.75) is 57.1 Å². The summed E-state index contributed by atoms with van der Waals surface area (Å²) in [5.41, 5.74) is 0. The zero-order valence-electron chi connectivity index (χ0n) is 10.0. The second kappa shape index (κ2) is 5.00. The number of nitrogens with zero attached hydrogens (tertiary/aromatic N) is 1. The second-order valence-electron chi connectivity index (χ2n) is 5.31. The quantitative estimate of drug-likeness (QED) is 0.547. The highest BCUT2D eigenvalue weighted by Crippen LogP contribution is 2.35. The lowest BCUT2D eigenvalue weighted by Crippen LogP contribution is -2.28. The van der Waals surface area contributed by atoms with Crippen molar-refractivity contribution in [3.8, 4) is 0 Å². The van der Waals surface area contributed by atoms with Gasteiger partial charge in [-0.25, -0.2) is 8.78 Å². The van der Waals surface area contributed by atoms with Gasteiger partial charge in [0.2, 0.25) is 5.92 Å². The molecule has 0 unspecified atom stereocenters. The maximum Gasteiger partial charge on any atom is 0.248 e. The van der Waals surface area contributed by atoms with E-state index in [1.165, 1.54) is 0 Å². The van der Waals surface area contributed by atoms with Gasteiger partial charge in [-0.15, -0.1) is 0 Å². The Morgan fingerprint density at radius 3 is 2.25 bits per heavy atom. The van der Waals surface area contributed by atoms with E-state index < -0.39 is 17.3 Å². The topological polar surface area (TPSA) is 35.4 Å². The van der Waals surface area contributed by atoms with Crippen molar-refractivity contribution in [2.24, 2.45) is 10.3 Å². The van der Waals surface area contributed by atoms with Crippen LogP contribution in [0, 0.1) is 5.92 Å². The summed E-state index contributed by atoms with van der Waals surface area (Å²) in [5.74, 6) is -2.45. The molecule has 0 aliphatic heterocycles. The molecule has 1 rings (SSSR count). The Morgan fingerprint density at radius 1 is 1.31 bits per heavy atom. The number of hydrogen-bond donors (Lipinski definition) is 0. The third-order valence-electron chi connectivity index (χ3n) is 2.65. The molecule has 1 saturated carbocycles. The van der Waals surface area contributed by atoms with E-state index in [1.54, 1.807) is 6.21 Å². The Hall–Kier alpha value is -0.160. The maximum absolute atomic E-state index is 12.9. The first-order chi connectivity index (χ1) is 7.21. The Kier molecular flexibility index (Phi) is 4.35. The van der Waals surface area contributed by atoms with Gasteiger partial charge in [-0.2, -0.15) is 0 Å². The first-order valence-corrected chi connectivity index (χ1v) is 6.65. The highest BCUT2D eigenvalue weighted by Gasteiger charge is 2.35. The van der Waals surface area contributed by atoms with E-state index >= 15 is 0 Å². The molecule has 2 nitrogen and oxygen atoms in total. The van der Waals surface area contributed by atoms with E-state index in [0.29, 0.717) is 12.8 Å². The molecular weight excluding hydrogens is 232 g/mol. The molecule has 1 aliphatic rings. The van der Waals surface area contributed by atoms with Crippen LogP contribution >= 0.6 is 0 Å². The minimum atomic E-state index is -2.51. The van der Waals surface area contributed by atoms with E-state index in [4.69, 9.17) is 0 Å². The van der Waals surface area contributed by atoms with Gasteiger partial charge in [0.15, 0.2) is 0 Å². The summed E-state index contributed by atoms with van der Waals surface area (Å²) in [7, 11) is 0. The van der Waals surface area contributed by atoms with Gasteiger partial charge in [-0.3, -0.25) is 0 Å². The van der Waals surface area contributed by atoms with Crippen molar-refractivity contribution in [1.29, 1.82) is 0 Å². The summed E-state index contributed by atoms with van der Waals surface area (Å²) in [6.07, 6.45) is 2.34. The highest BCUT2D eigenvalue weighted by atomic mass is 32.2. The highest BCUT2D eigenvalue weighted by molar-refractivity contribution is 7.91. The van der Waals surface area contributed by atoms with Crippen LogP contribution in [-0.4, -0.2) is 21.4 Å². The van der Waals surface area contributed by atoms with Gasteiger partial charge in [-0.05, 0) is 39.5 Å². The third kappa shape index (κ3) is 4.37. The molecule has 94 valence electrons. The molecule has 0 N–H and O–H groups in total. The fourth-order valence-corrected chi connectivity index (χ4v) is 2.11. The van der Waals surface area contributed by atoms with E-state index in [1.807, 2.05) is 20.8 Å². The van der Waals surface area contributed by atoms with Crippen LogP contribution in [0.2, 0.25) is 0 Å². The zero-order valence-corrected chi connectivity index (χ0v) is 10.8. The molecule has 1 atom stereocenters. The predicted molar refractivity (Wildman–Crippen MR) is 63.3 cm³/mol. The van der Waals surface area contributed by atoms with Crippen LogP contribution in [0.3, 0.4) is 0 Å². The average Bonchev–Trinajstić information content (AvgIpc) is 2.14. The van der Waals surface area contributed by atoms with Crippen LogP contribution in [0.5, 0.6) is 0 Å². The van der Waals surface area contributed by atoms with E-state index in [9.17, 15) is 13.3 Å². The molecule has 1 fully saturated rings. The van der Waals surface area contributed by atoms with Gasteiger partial charge < -0.3 is 4.55 Å². The van der Waals surface area contributed by atoms with E-state index in [0.717, 1.165) is 0 Å². The molecule has 1 aliphatic carbocycles. The number of halogens is 2. The van der Waals surface area contributed by atoms with Crippen molar-refractivity contribution in [1.82, 2.24) is 0 Å². The SMILES string of the molecule is CC(C)(C)[S@+]([O-])/N=C/C1CCC(F)(F)CC1. The Morgan fingerprint density at radius 2 is 1.81 bits per heavy atom. The van der Waals surface area contributed by atoms with Crippen LogP contribution in [-0.2, 0) is 11.4 Å². The van der Waals surface area contributed by atoms with Gasteiger partial charge in [0.1, 0.15) is 16.1 Å². The summed E-state index contributed by atoms with van der Waals surface area (Å²) >= 11 is -1.28. The fraction of sp³-hybridized carbons (Fsp3) is 0.909. The molecule has 0 bridgehead atoms. The lowest BCUT2D eigenvalue weighted by Gasteiger charge is -2.26. The minimum absolute atomic E-state index is 0.0610. The lowest BCUT2D eigenvalue weighted by molar-refractivity contribution is -0.0390. The molecule has 0 amide bonds. The first-order valence-electron chi connectivity index (χ1n) is 5.55. The van der Waals surface area contributed by atoms with Gasteiger partial charge in [0, 0.05) is 12.8 Å². The molecule has 0 radical (unpaired) electrons. The average molecular weight is 251 g/mol. The van der Waals surface area contributed by atoms with Crippen LogP contribution in [0.1, 0.15) is 46.5 Å². The summed E-state index contributed by atoms with van der Waals surface area (Å²) in [6.45, 7) is 5.53. The van der Waals surface area contributed by atoms with Crippen molar-refractivity contribution >= 4 is 17.6 Å². The fourth-order valence-electron chi connectivity index (χ4n) is 1.51. The summed E-state index contributed by atoms with van der Waals surface area (Å²) in [4.78, 5) is 0. The van der Waals surface area contributed by atoms with Crippen LogP contribution in [0.15, 0.2) is 4.40 Å². The lowest BCUT2D eigenvalue weighted by atomic mass is 9.88. The summed E-state index contributed by atoms with van der Waals surface area (Å²) in [6, 6.07) is 0. The van der Waals surface area contributed by atoms with Gasteiger partial charge in [0.05, 0.1) is 6.21 Å². The smallest absolute Gasteiger partial charge is 0.248 e. The summed E-state index contributed by atoms with van der Waals surface area (Å²) in [5, 5.41) is 0. The van der Waals surface area contributed by atoms with Crippen molar-refractivity contribution < 1.29 is 13.3 Å². The Labute approximate surface area is 98.8 Å². The number of rotatable bonds is 2. The van der Waals surface area contributed by atoms with Gasteiger partial charge in [0.25, 0.3) is 0 Å². The van der Waals surface area contributed by atoms with Gasteiger partial charge >= 0.3 is 0 Å². The van der Waals surface area contributed by atoms with E-state index in [2.05, 4.69) is 4.40 Å². The predicted octanol–water partition coefficient (Wildman–Crippen LogP) is 3.34. The molecule has 0 aromatic rings. The van der Waals surface area contributed by atoms with Crippen LogP contribution in [0.4, 0.5) is 8.78 Å². The zero-order chi connectivity index (χ0) is 12.4. The number of alkyl halides is 2. The number of hydrogen-bond acceptors (Lipinski definition) is 2. The molecule has 0 heterocycles. The molecule has 16 heavy (non-hydrogen) atoms. The largest absolute Gasteiger partial charge is 0.591 e. The first kappa shape index (κ1) is 13.9. The molecule has 0 spiro atoms. The second-order valence-corrected chi connectivity index (χ2v) is 7.24. The van der Waals surface area contributed by atoms with Crippen molar-refractivity contribution in [2.75, 3.05) is 0 Å². The van der Waals surface area contributed by atoms with E-state index in [-0.39, 0.29) is 23.5 Å². The molecular formula is C11H19F2NOS. The minimum Gasteiger partial charge on any atom is -0.591 e. The maximum atomic E-state index is 12.9. The summed E-state index contributed by atoms with van der Waals surface area (Å²) < 4.78 is 40.9. The van der Waals surface area contributed by atoms with Crippen molar-refractivity contribution in [3.63, 3.8) is 0 Å². The standard InChI is InChI=1S/C11H19F2NOS/c1-10(2,3)16(15)14-8-9-4-6-11(12,13)7-5-9/h8-9H,4-7H2,1-3H3/b14-8+/t16-/m0/s1. The van der Waals surface area contributed by atoms with Crippen LogP contribution in [0.25, 0.3) is 0 Å². The third-order valence-corrected chi connectivity index (χ3v) is 4.01. The Balaban J connectivity index is 2.42. The monoisotopic (exact) mass is 251 g/mol. The molecule has 0 aromatic carbocycles. The van der Waals surface area contributed by atoms with Crippen LogP contribution < -0.4 is 0 Å². The normalized spacial score (nSPS) is 24.9. The van der Waals surface area contributed by atoms with Crippen molar-refractivity contribution in [3.05, 3.63) is 0 Å². The Bertz CT molecular complexity index is 253. The molecule has 0 aromatic heterocycles. The van der Waals surface area contributed by atoms with Gasteiger partial charge in [-0.1, -0.05) is 4.40 Å². The molecule has 0 saturated heterocycles. The molecule has 5 heteroatoms.